The van der Waals surface area contributed by atoms with Gasteiger partial charge in [0, 0.05) is 0 Å². The van der Waals surface area contributed by atoms with Gasteiger partial charge in [-0.3, -0.25) is 0 Å². The van der Waals surface area contributed by atoms with E-state index < -0.39 is 23.2 Å². The van der Waals surface area contributed by atoms with Gasteiger partial charge in [0.05, 0.1) is 0 Å². The minimum Gasteiger partial charge on any atom is -1.00 e. The van der Waals surface area contributed by atoms with Crippen LogP contribution in [0.3, 0.4) is 0 Å². The smallest absolute Gasteiger partial charge is 1.00 e. The van der Waals surface area contributed by atoms with E-state index >= 15 is 0 Å². The number of halogens is 2. The molecule has 0 amide bonds. The third-order valence-corrected chi connectivity index (χ3v) is 18.5. The van der Waals surface area contributed by atoms with Crippen molar-refractivity contribution in [2.75, 3.05) is 0 Å². The molecule has 324 valence electrons. The molecule has 0 bridgehead atoms. The first-order chi connectivity index (χ1) is 31.7. The Hall–Kier alpha value is -5.82. The summed E-state index contributed by atoms with van der Waals surface area (Å²) in [5.41, 5.74) is 30.6. The summed E-state index contributed by atoms with van der Waals surface area (Å²) in [4.78, 5) is 0. The van der Waals surface area contributed by atoms with Gasteiger partial charge in [-0.15, -0.1) is 0 Å². The summed E-state index contributed by atoms with van der Waals surface area (Å²) in [5, 5.41) is 5.21. The molecule has 3 heteroatoms. The van der Waals surface area contributed by atoms with Gasteiger partial charge in [-0.25, -0.2) is 0 Å². The Morgan fingerprint density at radius 3 is 1.33 bits per heavy atom. The predicted octanol–water partition coefficient (Wildman–Crippen LogP) is 9.70. The summed E-state index contributed by atoms with van der Waals surface area (Å²) in [6.45, 7) is 13.7. The zero-order valence-corrected chi connectivity index (χ0v) is 42.8. The third kappa shape index (κ3) is 7.56. The van der Waals surface area contributed by atoms with Crippen molar-refractivity contribution < 1.29 is 48.0 Å². The van der Waals surface area contributed by atoms with Crippen molar-refractivity contribution in [1.82, 2.24) is 0 Å². The molecule has 0 nitrogen and oxygen atoms in total. The number of hydrogen-bond donors (Lipinski definition) is 0. The Kier molecular flexibility index (Phi) is 11.9. The van der Waals surface area contributed by atoms with Crippen LogP contribution in [0, 0.1) is 41.5 Å². The van der Waals surface area contributed by atoms with Crippen molar-refractivity contribution in [3.8, 4) is 66.8 Å². The van der Waals surface area contributed by atoms with Gasteiger partial charge in [-0.1, -0.05) is 0 Å². The number of benzene rings is 10. The van der Waals surface area contributed by atoms with Crippen molar-refractivity contribution in [2.45, 2.75) is 54.4 Å². The third-order valence-electron chi connectivity index (χ3n) is 14.5. The zero-order chi connectivity index (χ0) is 44.1. The fraction of sp³-hybridized carbons (Fsp3) is 0.125. The monoisotopic (exact) mass is 978 g/mol. The molecule has 0 atom stereocenters. The topological polar surface area (TPSA) is 0 Å². The van der Waals surface area contributed by atoms with Gasteiger partial charge in [-0.05, 0) is 0 Å². The molecule has 2 aliphatic carbocycles. The SMILES string of the molecule is Cc1cc(C)c(-c2ccc3c(c2)Cc2c-3ccc(-c3c(C)cc(C)cc3C)[c]2[Zr+2][c]2c(-c3cccc4ccccc34)ccc3c2Cc2cc(-c4cccc5ccccc45)ccc2-3)c(C)c1.[Cl-].[Cl-]. The van der Waals surface area contributed by atoms with Crippen molar-refractivity contribution >= 4 is 28.1 Å². The molecule has 2 aliphatic rings. The number of fused-ring (bicyclic) bond motifs is 8. The van der Waals surface area contributed by atoms with Crippen molar-refractivity contribution in [2.24, 2.45) is 0 Å². The second-order valence-electron chi connectivity index (χ2n) is 18.9. The van der Waals surface area contributed by atoms with E-state index in [4.69, 9.17) is 0 Å². The maximum Gasteiger partial charge on any atom is -1.00 e. The van der Waals surface area contributed by atoms with Gasteiger partial charge in [0.2, 0.25) is 0 Å². The van der Waals surface area contributed by atoms with Gasteiger partial charge in [0.1, 0.15) is 0 Å². The molecule has 0 saturated heterocycles. The van der Waals surface area contributed by atoms with Gasteiger partial charge in [-0.2, -0.15) is 0 Å². The van der Waals surface area contributed by atoms with Crippen LogP contribution in [-0.4, -0.2) is 0 Å². The van der Waals surface area contributed by atoms with Crippen LogP contribution in [-0.2, 0) is 36.1 Å². The van der Waals surface area contributed by atoms with Crippen LogP contribution < -0.4 is 31.4 Å². The molecule has 10 aromatic rings. The van der Waals surface area contributed by atoms with E-state index in [9.17, 15) is 0 Å². The quantitative estimate of drug-likeness (QED) is 0.156. The second-order valence-corrected chi connectivity index (χ2v) is 21.9. The molecule has 0 aromatic heterocycles. The first-order valence-corrected chi connectivity index (χ1v) is 25.6. The standard InChI is InChI=1S/C33H21.C31H29.2ClH.Zr/c1-3-11-28-22(7-1)9-5-13-30(28)24-15-17-32-26(19-24)21-27-20-25(16-18-33(27)32)31-14-6-10-23-8-2-4-12-29(23)31;1-18-11-20(3)30(21(4)12-18)24-7-9-28-26(15-24)17-27-16-25(8-10-29(27)28)31-22(5)13-19(2)14-23(31)6;;;/h1-19H,21H2;7-15H,17H2,1-6H3;2*1H;/q;;;;+2/p-2. The predicted molar refractivity (Wildman–Crippen MR) is 274 cm³/mol. The zero-order valence-electron chi connectivity index (χ0n) is 38.8. The Morgan fingerprint density at radius 1 is 0.328 bits per heavy atom. The van der Waals surface area contributed by atoms with Crippen LogP contribution in [0.2, 0.25) is 0 Å². The molecule has 0 spiro atoms. The molecular weight excluding hydrogens is 931 g/mol. The number of aryl methyl sites for hydroxylation is 6. The summed E-state index contributed by atoms with van der Waals surface area (Å²) >= 11 is -1.57. The molecule has 0 aliphatic heterocycles. The Labute approximate surface area is 419 Å². The second kappa shape index (κ2) is 17.7. The Morgan fingerprint density at radius 2 is 0.746 bits per heavy atom. The van der Waals surface area contributed by atoms with Crippen LogP contribution in [0.1, 0.15) is 55.6 Å². The van der Waals surface area contributed by atoms with Crippen LogP contribution in [0.15, 0.2) is 170 Å². The molecule has 0 unspecified atom stereocenters. The first kappa shape index (κ1) is 45.0. The van der Waals surface area contributed by atoms with Crippen molar-refractivity contribution in [3.63, 3.8) is 0 Å². The van der Waals surface area contributed by atoms with E-state index in [0.29, 0.717) is 0 Å². The summed E-state index contributed by atoms with van der Waals surface area (Å²) in [5.74, 6) is 0. The minimum atomic E-state index is -1.57. The van der Waals surface area contributed by atoms with Gasteiger partial charge >= 0.3 is 398 Å². The molecule has 67 heavy (non-hydrogen) atoms. The Balaban J connectivity index is 0.00000263. The number of hydrogen-bond acceptors (Lipinski definition) is 0. The molecular formula is C64H50Cl2Zr. The molecule has 0 radical (unpaired) electrons. The fourth-order valence-electron chi connectivity index (χ4n) is 11.9. The van der Waals surface area contributed by atoms with Crippen LogP contribution >= 0.6 is 0 Å². The maximum atomic E-state index is 2.52. The average molecular weight is 981 g/mol. The molecule has 12 rings (SSSR count). The van der Waals surface area contributed by atoms with Gasteiger partial charge in [0.15, 0.2) is 0 Å². The van der Waals surface area contributed by atoms with E-state index in [2.05, 4.69) is 211 Å². The van der Waals surface area contributed by atoms with Crippen molar-refractivity contribution in [1.29, 1.82) is 0 Å². The molecule has 10 aromatic carbocycles. The summed E-state index contributed by atoms with van der Waals surface area (Å²) < 4.78 is 3.24. The van der Waals surface area contributed by atoms with Gasteiger partial charge in [0.25, 0.3) is 0 Å². The van der Waals surface area contributed by atoms with Crippen LogP contribution in [0.4, 0.5) is 0 Å². The van der Waals surface area contributed by atoms with Crippen LogP contribution in [0.5, 0.6) is 0 Å². The summed E-state index contributed by atoms with van der Waals surface area (Å²) in [6, 6.07) is 65.4. The van der Waals surface area contributed by atoms with E-state index in [1.165, 1.54) is 138 Å². The maximum absolute atomic E-state index is 2.52. The fourth-order valence-corrected chi connectivity index (χ4v) is 16.1. The molecule has 0 fully saturated rings. The van der Waals surface area contributed by atoms with E-state index in [1.54, 1.807) is 12.1 Å². The van der Waals surface area contributed by atoms with E-state index in [1.807, 2.05) is 0 Å². The Bertz CT molecular complexity index is 3590. The van der Waals surface area contributed by atoms with Crippen molar-refractivity contribution in [3.05, 3.63) is 225 Å². The minimum absolute atomic E-state index is 0. The average Bonchev–Trinajstić information content (AvgIpc) is 3.87. The molecule has 0 heterocycles. The largest absolute Gasteiger partial charge is 1.00 e. The number of rotatable bonds is 6. The summed E-state index contributed by atoms with van der Waals surface area (Å²) in [7, 11) is 0. The van der Waals surface area contributed by atoms with Crippen LogP contribution in [0.25, 0.3) is 88.3 Å². The summed E-state index contributed by atoms with van der Waals surface area (Å²) in [6.07, 6.45) is 1.91. The molecule has 0 N–H and O–H groups in total. The molecule has 0 saturated carbocycles. The van der Waals surface area contributed by atoms with Gasteiger partial charge < -0.3 is 24.8 Å². The first-order valence-electron chi connectivity index (χ1n) is 23.2. The normalized spacial score (nSPS) is 11.9. The van der Waals surface area contributed by atoms with E-state index in [0.717, 1.165) is 12.8 Å². The van der Waals surface area contributed by atoms with E-state index in [-0.39, 0.29) is 24.8 Å².